The molecule has 0 atom stereocenters. The average Bonchev–Trinajstić information content (AvgIpc) is 2.85. The minimum absolute atomic E-state index is 0.255. The lowest BCUT2D eigenvalue weighted by molar-refractivity contribution is 0.112. The van der Waals surface area contributed by atoms with Crippen molar-refractivity contribution in [2.75, 3.05) is 7.11 Å². The number of carbonyl (C=O) groups excluding carboxylic acids is 1. The Balaban J connectivity index is 2.08. The molecule has 0 saturated heterocycles. The molecule has 1 aromatic carbocycles. The second-order valence-electron chi connectivity index (χ2n) is 3.94. The quantitative estimate of drug-likeness (QED) is 0.686. The number of aromatic nitrogens is 1. The Labute approximate surface area is 132 Å². The molecule has 0 amide bonds. The van der Waals surface area contributed by atoms with Crippen LogP contribution in [-0.4, -0.2) is 18.6 Å². The first-order valence-corrected chi connectivity index (χ1v) is 7.23. The van der Waals surface area contributed by atoms with E-state index >= 15 is 0 Å². The average molecular weight is 405 g/mol. The van der Waals surface area contributed by atoms with Crippen molar-refractivity contribution < 1.29 is 18.8 Å². The van der Waals surface area contributed by atoms with E-state index in [9.17, 15) is 4.79 Å². The SMILES string of the molecule is COCc1cc(COc2c(Br)cc(C=O)cc2Br)no1. The van der Waals surface area contributed by atoms with E-state index in [1.54, 1.807) is 25.3 Å². The minimum Gasteiger partial charge on any atom is -0.485 e. The van der Waals surface area contributed by atoms with Crippen LogP contribution in [0.5, 0.6) is 5.75 Å². The van der Waals surface area contributed by atoms with E-state index in [-0.39, 0.29) is 6.61 Å². The Bertz CT molecular complexity index is 589. The van der Waals surface area contributed by atoms with Crippen molar-refractivity contribution in [3.63, 3.8) is 0 Å². The summed E-state index contributed by atoms with van der Waals surface area (Å²) in [6.07, 6.45) is 0.772. The van der Waals surface area contributed by atoms with Gasteiger partial charge in [0.1, 0.15) is 30.9 Å². The van der Waals surface area contributed by atoms with Gasteiger partial charge in [-0.2, -0.15) is 0 Å². The van der Waals surface area contributed by atoms with Crippen molar-refractivity contribution in [1.82, 2.24) is 5.16 Å². The molecule has 0 unspecified atom stereocenters. The lowest BCUT2D eigenvalue weighted by Crippen LogP contribution is -1.98. The van der Waals surface area contributed by atoms with Crippen molar-refractivity contribution in [3.8, 4) is 5.75 Å². The maximum Gasteiger partial charge on any atom is 0.162 e. The number of ether oxygens (including phenoxy) is 2. The molecule has 106 valence electrons. The van der Waals surface area contributed by atoms with Crippen LogP contribution in [0.25, 0.3) is 0 Å². The normalized spacial score (nSPS) is 10.6. The zero-order valence-corrected chi connectivity index (χ0v) is 13.7. The molecule has 2 rings (SSSR count). The number of hydrogen-bond donors (Lipinski definition) is 0. The van der Waals surface area contributed by atoms with E-state index in [1.165, 1.54) is 0 Å². The number of nitrogens with zero attached hydrogens (tertiary/aromatic N) is 1. The first kappa shape index (κ1) is 15.2. The Morgan fingerprint density at radius 1 is 1.25 bits per heavy atom. The summed E-state index contributed by atoms with van der Waals surface area (Å²) in [6, 6.07) is 5.14. The molecule has 0 fully saturated rings. The van der Waals surface area contributed by atoms with Gasteiger partial charge in [0.15, 0.2) is 5.76 Å². The van der Waals surface area contributed by atoms with Crippen LogP contribution >= 0.6 is 31.9 Å². The molecular weight excluding hydrogens is 394 g/mol. The smallest absolute Gasteiger partial charge is 0.162 e. The van der Waals surface area contributed by atoms with Gasteiger partial charge in [-0.25, -0.2) is 0 Å². The van der Waals surface area contributed by atoms with Crippen LogP contribution in [-0.2, 0) is 18.0 Å². The first-order valence-electron chi connectivity index (χ1n) is 5.64. The highest BCUT2D eigenvalue weighted by Gasteiger charge is 2.11. The van der Waals surface area contributed by atoms with Gasteiger partial charge in [-0.3, -0.25) is 4.79 Å². The van der Waals surface area contributed by atoms with Crippen LogP contribution in [0.1, 0.15) is 21.8 Å². The van der Waals surface area contributed by atoms with Gasteiger partial charge < -0.3 is 14.0 Å². The molecule has 5 nitrogen and oxygen atoms in total. The molecule has 0 spiro atoms. The fourth-order valence-corrected chi connectivity index (χ4v) is 3.02. The lowest BCUT2D eigenvalue weighted by Gasteiger charge is -2.09. The minimum atomic E-state index is 0.255. The number of aldehydes is 1. The highest BCUT2D eigenvalue weighted by molar-refractivity contribution is 9.11. The number of carbonyl (C=O) groups is 1. The van der Waals surface area contributed by atoms with Crippen LogP contribution in [0.3, 0.4) is 0 Å². The molecule has 0 N–H and O–H groups in total. The zero-order chi connectivity index (χ0) is 14.5. The van der Waals surface area contributed by atoms with Crippen molar-refractivity contribution in [2.24, 2.45) is 0 Å². The highest BCUT2D eigenvalue weighted by atomic mass is 79.9. The van der Waals surface area contributed by atoms with Gasteiger partial charge in [0.25, 0.3) is 0 Å². The van der Waals surface area contributed by atoms with Gasteiger partial charge in [0, 0.05) is 18.7 Å². The molecule has 0 saturated carbocycles. The Hall–Kier alpha value is -1.18. The van der Waals surface area contributed by atoms with Crippen LogP contribution < -0.4 is 4.74 Å². The molecule has 0 aliphatic rings. The van der Waals surface area contributed by atoms with Gasteiger partial charge in [-0.05, 0) is 44.0 Å². The van der Waals surface area contributed by atoms with E-state index in [0.29, 0.717) is 38.3 Å². The lowest BCUT2D eigenvalue weighted by atomic mass is 10.2. The monoisotopic (exact) mass is 403 g/mol. The third-order valence-electron chi connectivity index (χ3n) is 2.42. The standard InChI is InChI=1S/C13H11Br2NO4/c1-18-7-10-4-9(16-20-10)6-19-13-11(14)2-8(5-17)3-12(13)15/h2-5H,6-7H2,1H3. The summed E-state index contributed by atoms with van der Waals surface area (Å²) in [5.74, 6) is 1.24. The zero-order valence-electron chi connectivity index (χ0n) is 10.6. The summed E-state index contributed by atoms with van der Waals surface area (Å²) in [5.41, 5.74) is 1.22. The Morgan fingerprint density at radius 3 is 2.55 bits per heavy atom. The number of methoxy groups -OCH3 is 1. The topological polar surface area (TPSA) is 61.6 Å². The van der Waals surface area contributed by atoms with Crippen molar-refractivity contribution in [3.05, 3.63) is 44.2 Å². The number of halogens is 2. The number of rotatable bonds is 6. The van der Waals surface area contributed by atoms with E-state index in [1.807, 2.05) is 0 Å². The van der Waals surface area contributed by atoms with Gasteiger partial charge >= 0.3 is 0 Å². The van der Waals surface area contributed by atoms with E-state index in [2.05, 4.69) is 37.0 Å². The fraction of sp³-hybridized carbons (Fsp3) is 0.231. The largest absolute Gasteiger partial charge is 0.485 e. The third kappa shape index (κ3) is 3.68. The molecular formula is C13H11Br2NO4. The van der Waals surface area contributed by atoms with Crippen LogP contribution in [0.4, 0.5) is 0 Å². The predicted octanol–water partition coefficient (Wildman–Crippen LogP) is 3.74. The Morgan fingerprint density at radius 2 is 1.95 bits per heavy atom. The van der Waals surface area contributed by atoms with Crippen molar-refractivity contribution in [1.29, 1.82) is 0 Å². The van der Waals surface area contributed by atoms with Crippen LogP contribution in [0, 0.1) is 0 Å². The van der Waals surface area contributed by atoms with Gasteiger partial charge in [-0.15, -0.1) is 0 Å². The molecule has 2 aromatic rings. The molecule has 0 aliphatic carbocycles. The first-order chi connectivity index (χ1) is 9.63. The second-order valence-corrected chi connectivity index (χ2v) is 5.65. The summed E-state index contributed by atoms with van der Waals surface area (Å²) in [7, 11) is 1.58. The molecule has 0 radical (unpaired) electrons. The summed E-state index contributed by atoms with van der Waals surface area (Å²) >= 11 is 6.73. The summed E-state index contributed by atoms with van der Waals surface area (Å²) in [4.78, 5) is 10.7. The predicted molar refractivity (Wildman–Crippen MR) is 78.8 cm³/mol. The molecule has 0 bridgehead atoms. The Kier molecular flexibility index (Phi) is 5.33. The number of benzene rings is 1. The fourth-order valence-electron chi connectivity index (χ4n) is 1.57. The van der Waals surface area contributed by atoms with E-state index in [4.69, 9.17) is 14.0 Å². The molecule has 20 heavy (non-hydrogen) atoms. The van der Waals surface area contributed by atoms with Crippen molar-refractivity contribution in [2.45, 2.75) is 13.2 Å². The molecule has 7 heteroatoms. The van der Waals surface area contributed by atoms with E-state index in [0.717, 1.165) is 6.29 Å². The van der Waals surface area contributed by atoms with Gasteiger partial charge in [0.2, 0.25) is 0 Å². The summed E-state index contributed by atoms with van der Waals surface area (Å²) in [5, 5.41) is 3.88. The van der Waals surface area contributed by atoms with Gasteiger partial charge in [-0.1, -0.05) is 5.16 Å². The molecule has 1 aromatic heterocycles. The molecule has 1 heterocycles. The summed E-state index contributed by atoms with van der Waals surface area (Å²) in [6.45, 7) is 0.624. The third-order valence-corrected chi connectivity index (χ3v) is 3.59. The summed E-state index contributed by atoms with van der Waals surface area (Å²) < 4.78 is 17.1. The number of hydrogen-bond acceptors (Lipinski definition) is 5. The maximum atomic E-state index is 10.7. The van der Waals surface area contributed by atoms with E-state index < -0.39 is 0 Å². The van der Waals surface area contributed by atoms with Crippen LogP contribution in [0.2, 0.25) is 0 Å². The highest BCUT2D eigenvalue weighted by Crippen LogP contribution is 2.34. The second kappa shape index (κ2) is 7.01. The maximum absolute atomic E-state index is 10.7. The van der Waals surface area contributed by atoms with Crippen LogP contribution in [0.15, 0.2) is 31.7 Å². The van der Waals surface area contributed by atoms with Gasteiger partial charge in [0.05, 0.1) is 8.95 Å². The van der Waals surface area contributed by atoms with Crippen molar-refractivity contribution >= 4 is 38.1 Å². The molecule has 0 aliphatic heterocycles.